The molecule has 84 valence electrons. The minimum absolute atomic E-state index is 0.0553. The van der Waals surface area contributed by atoms with Gasteiger partial charge in [-0.05, 0) is 18.6 Å². The topological polar surface area (TPSA) is 89.9 Å². The van der Waals surface area contributed by atoms with Crippen molar-refractivity contribution in [3.8, 4) is 0 Å². The number of anilines is 1. The van der Waals surface area contributed by atoms with Gasteiger partial charge < -0.3 is 15.5 Å². The lowest BCUT2D eigenvalue weighted by atomic mass is 10.1. The fourth-order valence-corrected chi connectivity index (χ4v) is 1.30. The van der Waals surface area contributed by atoms with Crippen molar-refractivity contribution in [1.82, 2.24) is 15.2 Å². The molecule has 16 heavy (non-hydrogen) atoms. The van der Waals surface area contributed by atoms with Gasteiger partial charge in [-0.15, -0.1) is 5.10 Å². The molecule has 0 bridgehead atoms. The molecule has 2 aromatic rings. The zero-order valence-corrected chi connectivity index (χ0v) is 8.92. The van der Waals surface area contributed by atoms with Gasteiger partial charge in [0.1, 0.15) is 0 Å². The van der Waals surface area contributed by atoms with Crippen LogP contribution < -0.4 is 11.1 Å². The Bertz CT molecular complexity index is 441. The normalized spacial score (nSPS) is 12.4. The quantitative estimate of drug-likeness (QED) is 0.800. The second-order valence-corrected chi connectivity index (χ2v) is 3.36. The molecule has 1 atom stereocenters. The molecule has 0 saturated heterocycles. The summed E-state index contributed by atoms with van der Waals surface area (Å²) in [5.41, 5.74) is 6.42. The van der Waals surface area contributed by atoms with E-state index < -0.39 is 0 Å². The van der Waals surface area contributed by atoms with E-state index in [4.69, 9.17) is 10.2 Å². The third-order valence-electron chi connectivity index (χ3n) is 2.17. The van der Waals surface area contributed by atoms with Gasteiger partial charge in [-0.3, -0.25) is 4.98 Å². The van der Waals surface area contributed by atoms with E-state index in [1.807, 2.05) is 19.1 Å². The molecule has 0 spiro atoms. The van der Waals surface area contributed by atoms with Gasteiger partial charge in [0.15, 0.2) is 0 Å². The Hall–Kier alpha value is -1.95. The second-order valence-electron chi connectivity index (χ2n) is 3.36. The molecule has 0 radical (unpaired) electrons. The van der Waals surface area contributed by atoms with E-state index in [2.05, 4.69) is 20.5 Å². The first-order valence-electron chi connectivity index (χ1n) is 4.98. The molecule has 0 aliphatic heterocycles. The summed E-state index contributed by atoms with van der Waals surface area (Å²) in [6.45, 7) is 2.24. The summed E-state index contributed by atoms with van der Waals surface area (Å²) in [5, 5.41) is 10.7. The Morgan fingerprint density at radius 2 is 2.38 bits per heavy atom. The van der Waals surface area contributed by atoms with E-state index in [0.29, 0.717) is 11.9 Å². The molecule has 0 saturated carbocycles. The summed E-state index contributed by atoms with van der Waals surface area (Å²) in [7, 11) is 0. The molecule has 0 aliphatic carbocycles. The zero-order valence-electron chi connectivity index (χ0n) is 8.92. The molecule has 2 heterocycles. The van der Waals surface area contributed by atoms with Crippen LogP contribution >= 0.6 is 0 Å². The van der Waals surface area contributed by atoms with Crippen LogP contribution in [-0.2, 0) is 6.54 Å². The lowest BCUT2D eigenvalue weighted by Gasteiger charge is -2.10. The summed E-state index contributed by atoms with van der Waals surface area (Å²) in [4.78, 5) is 4.04. The average molecular weight is 219 g/mol. The highest BCUT2D eigenvalue weighted by molar-refractivity contribution is 5.26. The molecule has 2 aromatic heterocycles. The highest BCUT2D eigenvalue weighted by Gasteiger charge is 2.09. The first-order chi connectivity index (χ1) is 7.79. The highest BCUT2D eigenvalue weighted by atomic mass is 16.4. The predicted octanol–water partition coefficient (Wildman–Crippen LogP) is 1.10. The van der Waals surface area contributed by atoms with E-state index in [-0.39, 0.29) is 12.6 Å². The molecule has 0 amide bonds. The summed E-state index contributed by atoms with van der Waals surface area (Å²) in [5.74, 6) is 0.417. The van der Waals surface area contributed by atoms with Crippen LogP contribution in [0.5, 0.6) is 0 Å². The number of hydrogen-bond donors (Lipinski definition) is 2. The molecular formula is C10H13N5O. The molecule has 1 unspecified atom stereocenters. The van der Waals surface area contributed by atoms with Gasteiger partial charge in [0, 0.05) is 12.4 Å². The van der Waals surface area contributed by atoms with Crippen molar-refractivity contribution in [2.45, 2.75) is 19.5 Å². The number of aromatic nitrogens is 3. The fraction of sp³-hybridized carbons (Fsp3) is 0.300. The zero-order chi connectivity index (χ0) is 11.4. The fourth-order valence-electron chi connectivity index (χ4n) is 1.30. The van der Waals surface area contributed by atoms with Crippen molar-refractivity contribution >= 4 is 6.01 Å². The maximum Gasteiger partial charge on any atom is 0.315 e. The molecule has 6 heteroatoms. The number of nitrogens with one attached hydrogen (secondary N) is 1. The van der Waals surface area contributed by atoms with Crippen molar-refractivity contribution in [2.24, 2.45) is 5.73 Å². The van der Waals surface area contributed by atoms with Crippen LogP contribution in [0.4, 0.5) is 6.01 Å². The van der Waals surface area contributed by atoms with E-state index in [1.165, 1.54) is 0 Å². The van der Waals surface area contributed by atoms with Gasteiger partial charge >= 0.3 is 6.01 Å². The van der Waals surface area contributed by atoms with Crippen molar-refractivity contribution in [2.75, 3.05) is 5.32 Å². The summed E-state index contributed by atoms with van der Waals surface area (Å²) in [6.07, 6.45) is 3.52. The Balaban J connectivity index is 2.05. The Morgan fingerprint density at radius 1 is 1.50 bits per heavy atom. The molecule has 2 rings (SSSR count). The maximum absolute atomic E-state index is 5.37. The average Bonchev–Trinajstić information content (AvgIpc) is 2.78. The van der Waals surface area contributed by atoms with Crippen LogP contribution in [0.15, 0.2) is 28.9 Å². The SMILES string of the molecule is CC(Nc1nnc(CN)o1)c1cccnc1. The standard InChI is InChI=1S/C10H13N5O/c1-7(8-3-2-4-12-6-8)13-10-15-14-9(5-11)16-10/h2-4,6-7H,5,11H2,1H3,(H,13,15). The minimum atomic E-state index is 0.0553. The highest BCUT2D eigenvalue weighted by Crippen LogP contribution is 2.16. The lowest BCUT2D eigenvalue weighted by Crippen LogP contribution is -2.06. The van der Waals surface area contributed by atoms with E-state index >= 15 is 0 Å². The van der Waals surface area contributed by atoms with E-state index in [9.17, 15) is 0 Å². The Labute approximate surface area is 92.9 Å². The number of rotatable bonds is 4. The van der Waals surface area contributed by atoms with Gasteiger partial charge in [-0.2, -0.15) is 0 Å². The molecule has 0 aromatic carbocycles. The van der Waals surface area contributed by atoms with Gasteiger partial charge in [-0.25, -0.2) is 0 Å². The second kappa shape index (κ2) is 4.71. The Kier molecular flexibility index (Phi) is 3.11. The van der Waals surface area contributed by atoms with Crippen molar-refractivity contribution in [1.29, 1.82) is 0 Å². The lowest BCUT2D eigenvalue weighted by molar-refractivity contribution is 0.503. The Morgan fingerprint density at radius 3 is 3.00 bits per heavy atom. The van der Waals surface area contributed by atoms with Crippen LogP contribution in [-0.4, -0.2) is 15.2 Å². The van der Waals surface area contributed by atoms with E-state index in [1.54, 1.807) is 12.4 Å². The van der Waals surface area contributed by atoms with Crippen molar-refractivity contribution < 1.29 is 4.42 Å². The van der Waals surface area contributed by atoms with Gasteiger partial charge in [0.2, 0.25) is 5.89 Å². The monoisotopic (exact) mass is 219 g/mol. The molecule has 0 fully saturated rings. The van der Waals surface area contributed by atoms with Crippen LogP contribution in [0, 0.1) is 0 Å². The third kappa shape index (κ3) is 2.34. The van der Waals surface area contributed by atoms with E-state index in [0.717, 1.165) is 5.56 Å². The van der Waals surface area contributed by atoms with Gasteiger partial charge in [-0.1, -0.05) is 11.2 Å². The van der Waals surface area contributed by atoms with Crippen molar-refractivity contribution in [3.05, 3.63) is 36.0 Å². The summed E-state index contributed by atoms with van der Waals surface area (Å²) in [6, 6.07) is 4.29. The van der Waals surface area contributed by atoms with Crippen molar-refractivity contribution in [3.63, 3.8) is 0 Å². The van der Waals surface area contributed by atoms with Crippen LogP contribution in [0.25, 0.3) is 0 Å². The largest absolute Gasteiger partial charge is 0.407 e. The maximum atomic E-state index is 5.37. The number of nitrogens with two attached hydrogens (primary N) is 1. The third-order valence-corrected chi connectivity index (χ3v) is 2.17. The van der Waals surface area contributed by atoms with Crippen LogP contribution in [0.3, 0.4) is 0 Å². The smallest absolute Gasteiger partial charge is 0.315 e. The summed E-state index contributed by atoms with van der Waals surface area (Å²) < 4.78 is 5.25. The van der Waals surface area contributed by atoms with Crippen LogP contribution in [0.2, 0.25) is 0 Å². The summed E-state index contributed by atoms with van der Waals surface area (Å²) >= 11 is 0. The predicted molar refractivity (Wildman–Crippen MR) is 58.5 cm³/mol. The molecular weight excluding hydrogens is 206 g/mol. The molecule has 6 nitrogen and oxygen atoms in total. The van der Waals surface area contributed by atoms with Gasteiger partial charge in [0.25, 0.3) is 0 Å². The minimum Gasteiger partial charge on any atom is -0.407 e. The number of hydrogen-bond acceptors (Lipinski definition) is 6. The molecule has 3 N–H and O–H groups in total. The number of pyridine rings is 1. The molecule has 0 aliphatic rings. The number of nitrogens with zero attached hydrogens (tertiary/aromatic N) is 3. The first kappa shape index (κ1) is 10.6. The first-order valence-corrected chi connectivity index (χ1v) is 4.98. The van der Waals surface area contributed by atoms with Gasteiger partial charge in [0.05, 0.1) is 12.6 Å². The van der Waals surface area contributed by atoms with Crippen LogP contribution in [0.1, 0.15) is 24.4 Å².